The monoisotopic (exact) mass is 147 g/mol. The number of carbonyl (C=O) groups is 1. The van der Waals surface area contributed by atoms with Crippen LogP contribution in [0.15, 0.2) is 0 Å². The Hall–Kier alpha value is -0.0905. The minimum atomic E-state index is -1.73. The van der Waals surface area contributed by atoms with E-state index in [-0.39, 0.29) is 17.1 Å². The Labute approximate surface area is 50.8 Å². The molecule has 0 fully saturated rings. The quantitative estimate of drug-likeness (QED) is 0.306. The third kappa shape index (κ3) is 5.91. The zero-order valence-electron chi connectivity index (χ0n) is 3.31. The molecule has 0 bridgehead atoms. The molecule has 1 unspecified atom stereocenters. The number of rotatable bonds is 1. The molecule has 0 amide bonds. The van der Waals surface area contributed by atoms with Crippen LogP contribution in [0.25, 0.3) is 0 Å². The van der Waals surface area contributed by atoms with Gasteiger partial charge < -0.3 is 10.2 Å². The van der Waals surface area contributed by atoms with Gasteiger partial charge in [0.15, 0.2) is 0 Å². The first-order chi connectivity index (χ1) is 2.64. The summed E-state index contributed by atoms with van der Waals surface area (Å²) in [6, 6.07) is 0. The molecular weight excluding hydrogens is 142 g/mol. The van der Waals surface area contributed by atoms with Gasteiger partial charge in [0.2, 0.25) is 6.23 Å². The number of hydrogen-bond acceptors (Lipinski definition) is 3. The Morgan fingerprint density at radius 1 is 1.71 bits per heavy atom. The summed E-state index contributed by atoms with van der Waals surface area (Å²) in [7, 11) is 0. The zero-order chi connectivity index (χ0) is 5.15. The van der Waals surface area contributed by atoms with Gasteiger partial charge in [0.1, 0.15) is 0 Å². The van der Waals surface area contributed by atoms with E-state index in [1.54, 1.807) is 0 Å². The number of aliphatic carboxylic acids is 1. The van der Waals surface area contributed by atoms with Gasteiger partial charge in [0.05, 0.1) is 0 Å². The molecule has 0 aliphatic heterocycles. The van der Waals surface area contributed by atoms with Gasteiger partial charge in [-0.25, -0.2) is 4.79 Å². The molecule has 0 aromatic heterocycles. The van der Waals surface area contributed by atoms with Crippen molar-refractivity contribution in [1.29, 1.82) is 0 Å². The van der Waals surface area contributed by atoms with E-state index >= 15 is 0 Å². The van der Waals surface area contributed by atoms with Gasteiger partial charge in [-0.15, -0.1) is 0 Å². The molecule has 0 saturated carbocycles. The van der Waals surface area contributed by atoms with Gasteiger partial charge in [-0.2, -0.15) is 0 Å². The van der Waals surface area contributed by atoms with Crippen molar-refractivity contribution in [3.63, 3.8) is 0 Å². The molecule has 0 aromatic carbocycles. The summed E-state index contributed by atoms with van der Waals surface area (Å²) in [6.07, 6.45) is -1.73. The van der Waals surface area contributed by atoms with Gasteiger partial charge in [-0.3, -0.25) is 5.73 Å². The molecule has 44 valence electrons. The summed E-state index contributed by atoms with van der Waals surface area (Å²) in [5, 5.41) is 15.4. The topological polar surface area (TPSA) is 83.5 Å². The molecule has 0 spiro atoms. The Morgan fingerprint density at radius 2 is 1.86 bits per heavy atom. The van der Waals surface area contributed by atoms with E-state index < -0.39 is 12.2 Å². The van der Waals surface area contributed by atoms with Crippen LogP contribution in [0.4, 0.5) is 0 Å². The molecular formula is C2H5FeNO3. The van der Waals surface area contributed by atoms with E-state index in [1.165, 1.54) is 0 Å². The molecule has 0 aliphatic carbocycles. The van der Waals surface area contributed by atoms with Crippen molar-refractivity contribution in [1.82, 2.24) is 0 Å². The van der Waals surface area contributed by atoms with Crippen LogP contribution in [0.1, 0.15) is 0 Å². The van der Waals surface area contributed by atoms with Gasteiger partial charge in [0.25, 0.3) is 0 Å². The standard InChI is InChI=1S/C2H5NO3.Fe/c3-1(4)2(5)6;/h1,4H,3H2,(H,5,6);. The summed E-state index contributed by atoms with van der Waals surface area (Å²) in [6.45, 7) is 0. The fraction of sp³-hybridized carbons (Fsp3) is 0.500. The maximum absolute atomic E-state index is 9.32. The second-order valence-corrected chi connectivity index (χ2v) is 0.783. The van der Waals surface area contributed by atoms with Gasteiger partial charge in [0, 0.05) is 17.1 Å². The third-order valence-corrected chi connectivity index (χ3v) is 0.253. The smallest absolute Gasteiger partial charge is 0.347 e. The average molecular weight is 147 g/mol. The molecule has 0 rings (SSSR count). The van der Waals surface area contributed by atoms with Crippen LogP contribution in [0.5, 0.6) is 0 Å². The van der Waals surface area contributed by atoms with E-state index in [0.29, 0.717) is 0 Å². The minimum Gasteiger partial charge on any atom is -0.478 e. The van der Waals surface area contributed by atoms with Crippen molar-refractivity contribution in [3.8, 4) is 0 Å². The van der Waals surface area contributed by atoms with E-state index in [2.05, 4.69) is 5.73 Å². The van der Waals surface area contributed by atoms with E-state index in [0.717, 1.165) is 0 Å². The van der Waals surface area contributed by atoms with Gasteiger partial charge >= 0.3 is 5.97 Å². The SMILES string of the molecule is NC(O)C(=O)O.[Fe]. The van der Waals surface area contributed by atoms with Crippen LogP contribution in [-0.4, -0.2) is 22.4 Å². The van der Waals surface area contributed by atoms with Crippen molar-refractivity contribution in [3.05, 3.63) is 0 Å². The first kappa shape index (κ1) is 10.0. The molecule has 1 atom stereocenters. The molecule has 0 radical (unpaired) electrons. The summed E-state index contributed by atoms with van der Waals surface area (Å²) >= 11 is 0. The van der Waals surface area contributed by atoms with Gasteiger partial charge in [-0.1, -0.05) is 0 Å². The van der Waals surface area contributed by atoms with Crippen LogP contribution in [-0.2, 0) is 21.9 Å². The van der Waals surface area contributed by atoms with Crippen LogP contribution in [0, 0.1) is 0 Å². The number of nitrogens with two attached hydrogens (primary N) is 1. The fourth-order valence-electron chi connectivity index (χ4n) is 0. The molecule has 4 nitrogen and oxygen atoms in total. The summed E-state index contributed by atoms with van der Waals surface area (Å²) in [5.74, 6) is -1.41. The summed E-state index contributed by atoms with van der Waals surface area (Å²) < 4.78 is 0. The molecule has 0 saturated heterocycles. The van der Waals surface area contributed by atoms with E-state index in [4.69, 9.17) is 10.2 Å². The summed E-state index contributed by atoms with van der Waals surface area (Å²) in [4.78, 5) is 9.32. The predicted octanol–water partition coefficient (Wildman–Crippen LogP) is -1.65. The van der Waals surface area contributed by atoms with Crippen molar-refractivity contribution in [2.75, 3.05) is 0 Å². The van der Waals surface area contributed by atoms with Crippen LogP contribution < -0.4 is 5.73 Å². The van der Waals surface area contributed by atoms with Crippen LogP contribution >= 0.6 is 0 Å². The van der Waals surface area contributed by atoms with Crippen molar-refractivity contribution < 1.29 is 32.1 Å². The number of hydrogen-bond donors (Lipinski definition) is 3. The second-order valence-electron chi connectivity index (χ2n) is 0.783. The largest absolute Gasteiger partial charge is 0.478 e. The first-order valence-electron chi connectivity index (χ1n) is 1.31. The molecule has 0 heterocycles. The summed E-state index contributed by atoms with van der Waals surface area (Å²) in [5.41, 5.74) is 4.39. The third-order valence-electron chi connectivity index (χ3n) is 0.253. The van der Waals surface area contributed by atoms with E-state index in [1.807, 2.05) is 0 Å². The second kappa shape index (κ2) is 4.08. The predicted molar refractivity (Wildman–Crippen MR) is 17.8 cm³/mol. The molecule has 5 heteroatoms. The van der Waals surface area contributed by atoms with Crippen LogP contribution in [0.2, 0.25) is 0 Å². The molecule has 0 aliphatic rings. The van der Waals surface area contributed by atoms with Crippen molar-refractivity contribution in [2.24, 2.45) is 5.73 Å². The Kier molecular flexibility index (Phi) is 5.83. The normalized spacial score (nSPS) is 11.7. The number of carboxylic acid groups (broad SMARTS) is 1. The first-order valence-corrected chi connectivity index (χ1v) is 1.31. The molecule has 7 heavy (non-hydrogen) atoms. The van der Waals surface area contributed by atoms with E-state index in [9.17, 15) is 4.79 Å². The average Bonchev–Trinajstić information content (AvgIpc) is 1.36. The Bertz CT molecular complexity index is 64.0. The van der Waals surface area contributed by atoms with Crippen molar-refractivity contribution in [2.45, 2.75) is 6.23 Å². The number of aliphatic hydroxyl groups is 1. The van der Waals surface area contributed by atoms with Gasteiger partial charge in [-0.05, 0) is 0 Å². The number of aliphatic hydroxyl groups excluding tert-OH is 1. The maximum Gasteiger partial charge on any atom is 0.347 e. The zero-order valence-corrected chi connectivity index (χ0v) is 4.42. The Morgan fingerprint density at radius 3 is 1.86 bits per heavy atom. The fourth-order valence-corrected chi connectivity index (χ4v) is 0. The maximum atomic E-state index is 9.32. The Balaban J connectivity index is 0. The molecule has 4 N–H and O–H groups in total. The molecule has 0 aromatic rings. The van der Waals surface area contributed by atoms with Crippen LogP contribution in [0.3, 0.4) is 0 Å². The minimum absolute atomic E-state index is 0. The number of carboxylic acids is 1. The van der Waals surface area contributed by atoms with Crippen molar-refractivity contribution >= 4 is 5.97 Å².